The van der Waals surface area contributed by atoms with E-state index in [2.05, 4.69) is 29.4 Å². The summed E-state index contributed by atoms with van der Waals surface area (Å²) in [6.45, 7) is 9.36. The molecule has 0 aliphatic carbocycles. The Labute approximate surface area is 158 Å². The van der Waals surface area contributed by atoms with Gasteiger partial charge in [0.1, 0.15) is 17.0 Å². The topological polar surface area (TPSA) is 38.3 Å². The molecule has 0 atom stereocenters. The highest BCUT2D eigenvalue weighted by molar-refractivity contribution is 8.06. The van der Waals surface area contributed by atoms with Gasteiger partial charge in [-0.05, 0) is 55.2 Å². The molecule has 3 rings (SSSR count). The van der Waals surface area contributed by atoms with Gasteiger partial charge in [0.05, 0.1) is 5.70 Å². The monoisotopic (exact) mass is 363 g/mol. The second kappa shape index (κ2) is 7.67. The van der Waals surface area contributed by atoms with Crippen LogP contribution < -0.4 is 10.1 Å². The number of ketones is 1. The van der Waals surface area contributed by atoms with Gasteiger partial charge >= 0.3 is 0 Å². The van der Waals surface area contributed by atoms with Crippen LogP contribution in [-0.2, 0) is 0 Å². The van der Waals surface area contributed by atoms with Crippen molar-refractivity contribution >= 4 is 23.2 Å². The molecule has 0 saturated carbocycles. The summed E-state index contributed by atoms with van der Waals surface area (Å²) in [4.78, 5) is 12.2. The van der Waals surface area contributed by atoms with E-state index < -0.39 is 0 Å². The Balaban J connectivity index is 1.73. The van der Waals surface area contributed by atoms with Crippen LogP contribution in [-0.4, -0.2) is 5.78 Å². The Morgan fingerprint density at radius 2 is 1.85 bits per heavy atom. The number of ether oxygens (including phenoxy) is 1. The van der Waals surface area contributed by atoms with Crippen LogP contribution in [0.25, 0.3) is 5.70 Å². The molecule has 0 fully saturated rings. The molecule has 1 N–H and O–H groups in total. The van der Waals surface area contributed by atoms with Gasteiger partial charge in [0, 0.05) is 11.0 Å². The normalized spacial score (nSPS) is 14.7. The third-order valence-corrected chi connectivity index (χ3v) is 5.11. The fraction of sp³-hybridized carbons (Fsp3) is 0.136. The van der Waals surface area contributed by atoms with Crippen molar-refractivity contribution in [3.63, 3.8) is 0 Å². The number of nitrogens with one attached hydrogen (secondary N) is 1. The first kappa shape index (κ1) is 18.1. The molecule has 0 saturated heterocycles. The third kappa shape index (κ3) is 3.75. The van der Waals surface area contributed by atoms with Gasteiger partial charge < -0.3 is 10.1 Å². The summed E-state index contributed by atoms with van der Waals surface area (Å²) in [6.07, 6.45) is 1.71. The highest BCUT2D eigenvalue weighted by Gasteiger charge is 2.15. The molecule has 2 aromatic rings. The van der Waals surface area contributed by atoms with Crippen molar-refractivity contribution in [1.29, 1.82) is 0 Å². The number of rotatable bonds is 5. The lowest BCUT2D eigenvalue weighted by Gasteiger charge is -2.12. The lowest BCUT2D eigenvalue weighted by atomic mass is 9.96. The number of carbonyl (C=O) groups is 1. The van der Waals surface area contributed by atoms with Crippen molar-refractivity contribution in [2.45, 2.75) is 20.8 Å². The molecule has 3 nitrogen and oxygen atoms in total. The molecule has 4 heteroatoms. The summed E-state index contributed by atoms with van der Waals surface area (Å²) < 4.78 is 5.87. The zero-order valence-corrected chi connectivity index (χ0v) is 15.9. The smallest absolute Gasteiger partial charge is 0.188 e. The molecule has 2 aromatic carbocycles. The molecule has 0 unspecified atom stereocenters. The first-order valence-corrected chi connectivity index (χ1v) is 9.22. The second-order valence-electron chi connectivity index (χ2n) is 6.21. The molecular formula is C22H21NO2S. The molecule has 1 aliphatic heterocycles. The SMILES string of the molecule is C=C(C)C(=O)c1ccc(O/C=C2\NC(c3ccccc3)=CS2)c(C)c1C. The zero-order valence-electron chi connectivity index (χ0n) is 15.1. The molecule has 0 spiro atoms. The molecule has 0 amide bonds. The quantitative estimate of drug-likeness (QED) is 0.428. The summed E-state index contributed by atoms with van der Waals surface area (Å²) >= 11 is 1.58. The summed E-state index contributed by atoms with van der Waals surface area (Å²) in [5.74, 6) is 0.712. The minimum Gasteiger partial charge on any atom is -0.462 e. The van der Waals surface area contributed by atoms with Gasteiger partial charge in [-0.25, -0.2) is 0 Å². The number of allylic oxidation sites excluding steroid dienone is 1. The van der Waals surface area contributed by atoms with Crippen LogP contribution in [0.15, 0.2) is 71.3 Å². The summed E-state index contributed by atoms with van der Waals surface area (Å²) in [7, 11) is 0. The van der Waals surface area contributed by atoms with Gasteiger partial charge in [0.25, 0.3) is 0 Å². The van der Waals surface area contributed by atoms with Crippen molar-refractivity contribution in [2.24, 2.45) is 0 Å². The average Bonchev–Trinajstić information content (AvgIpc) is 3.12. The summed E-state index contributed by atoms with van der Waals surface area (Å²) in [5.41, 5.74) is 5.28. The Kier molecular flexibility index (Phi) is 5.33. The molecule has 1 heterocycles. The van der Waals surface area contributed by atoms with Crippen LogP contribution in [0.1, 0.15) is 34.0 Å². The molecule has 26 heavy (non-hydrogen) atoms. The number of carbonyl (C=O) groups excluding carboxylic acids is 1. The standard InChI is InChI=1S/C22H21NO2S/c1-14(2)22(24)18-10-11-20(16(4)15(18)3)25-12-21-23-19(13-26-21)17-8-6-5-7-9-17/h5-13,23H,1H2,2-4H3/b21-12+. The average molecular weight is 363 g/mol. The molecule has 0 bridgehead atoms. The fourth-order valence-electron chi connectivity index (χ4n) is 2.65. The maximum atomic E-state index is 12.2. The van der Waals surface area contributed by atoms with Gasteiger partial charge in [0.2, 0.25) is 0 Å². The van der Waals surface area contributed by atoms with E-state index >= 15 is 0 Å². The lowest BCUT2D eigenvalue weighted by Crippen LogP contribution is -2.06. The van der Waals surface area contributed by atoms with E-state index in [4.69, 9.17) is 4.74 Å². The zero-order chi connectivity index (χ0) is 18.7. The van der Waals surface area contributed by atoms with Gasteiger partial charge in [-0.2, -0.15) is 0 Å². The van der Waals surface area contributed by atoms with Crippen LogP contribution in [0.5, 0.6) is 5.75 Å². The minimum absolute atomic E-state index is 0.0276. The van der Waals surface area contributed by atoms with Crippen LogP contribution in [0.3, 0.4) is 0 Å². The Bertz CT molecular complexity index is 927. The molecular weight excluding hydrogens is 342 g/mol. The number of benzene rings is 2. The molecule has 1 aliphatic rings. The highest BCUT2D eigenvalue weighted by Crippen LogP contribution is 2.31. The summed E-state index contributed by atoms with van der Waals surface area (Å²) in [6, 6.07) is 13.8. The second-order valence-corrected chi connectivity index (χ2v) is 7.12. The van der Waals surface area contributed by atoms with E-state index in [1.165, 1.54) is 0 Å². The maximum absolute atomic E-state index is 12.2. The van der Waals surface area contributed by atoms with Crippen LogP contribution in [0, 0.1) is 13.8 Å². The van der Waals surface area contributed by atoms with Gasteiger partial charge in [-0.1, -0.05) is 48.7 Å². The number of hydrogen-bond acceptors (Lipinski definition) is 4. The van der Waals surface area contributed by atoms with Crippen LogP contribution >= 0.6 is 11.8 Å². The van der Waals surface area contributed by atoms with Crippen molar-refractivity contribution in [3.05, 3.63) is 93.6 Å². The maximum Gasteiger partial charge on any atom is 0.188 e. The van der Waals surface area contributed by atoms with Crippen molar-refractivity contribution in [3.8, 4) is 5.75 Å². The van der Waals surface area contributed by atoms with E-state index in [0.29, 0.717) is 11.1 Å². The van der Waals surface area contributed by atoms with E-state index in [1.807, 2.05) is 38.1 Å². The first-order chi connectivity index (χ1) is 12.5. The molecule has 132 valence electrons. The Morgan fingerprint density at radius 1 is 1.12 bits per heavy atom. The fourth-order valence-corrected chi connectivity index (χ4v) is 3.36. The minimum atomic E-state index is -0.0276. The van der Waals surface area contributed by atoms with E-state index in [1.54, 1.807) is 31.0 Å². The van der Waals surface area contributed by atoms with E-state index in [0.717, 1.165) is 33.2 Å². The summed E-state index contributed by atoms with van der Waals surface area (Å²) in [5, 5.41) is 6.34. The van der Waals surface area contributed by atoms with Gasteiger partial charge in [-0.15, -0.1) is 0 Å². The van der Waals surface area contributed by atoms with Crippen LogP contribution in [0.4, 0.5) is 0 Å². The van der Waals surface area contributed by atoms with Crippen molar-refractivity contribution in [2.75, 3.05) is 0 Å². The van der Waals surface area contributed by atoms with Gasteiger partial charge in [-0.3, -0.25) is 4.79 Å². The van der Waals surface area contributed by atoms with Crippen molar-refractivity contribution < 1.29 is 9.53 Å². The Morgan fingerprint density at radius 3 is 2.54 bits per heavy atom. The first-order valence-electron chi connectivity index (χ1n) is 8.34. The van der Waals surface area contributed by atoms with E-state index in [-0.39, 0.29) is 5.78 Å². The number of thioether (sulfide) groups is 1. The highest BCUT2D eigenvalue weighted by atomic mass is 32.2. The third-order valence-electron chi connectivity index (χ3n) is 4.31. The van der Waals surface area contributed by atoms with Crippen molar-refractivity contribution in [1.82, 2.24) is 5.32 Å². The number of hydrogen-bond donors (Lipinski definition) is 1. The predicted molar refractivity (Wildman–Crippen MR) is 109 cm³/mol. The van der Waals surface area contributed by atoms with Crippen LogP contribution in [0.2, 0.25) is 0 Å². The Hall–Kier alpha value is -2.72. The van der Waals surface area contributed by atoms with Gasteiger partial charge in [0.15, 0.2) is 5.78 Å². The predicted octanol–water partition coefficient (Wildman–Crippen LogP) is 5.57. The molecule has 0 radical (unpaired) electrons. The van der Waals surface area contributed by atoms with E-state index in [9.17, 15) is 4.79 Å². The molecule has 0 aromatic heterocycles. The number of Topliss-reactive ketones (excluding diaryl/α,β-unsaturated/α-hetero) is 1. The lowest BCUT2D eigenvalue weighted by molar-refractivity contribution is 0.103. The largest absolute Gasteiger partial charge is 0.462 e.